The number of H-pyrrole nitrogens is 1. The minimum Gasteiger partial charge on any atom is -0.342 e. The molecule has 6 nitrogen and oxygen atoms in total. The third kappa shape index (κ3) is 1.77. The van der Waals surface area contributed by atoms with Crippen LogP contribution in [0.1, 0.15) is 28.2 Å². The second-order valence-electron chi connectivity index (χ2n) is 4.82. The molecule has 1 saturated heterocycles. The predicted octanol–water partition coefficient (Wildman–Crippen LogP) is -0.187. The second-order valence-corrected chi connectivity index (χ2v) is 4.82. The Labute approximate surface area is 105 Å². The van der Waals surface area contributed by atoms with Crippen LogP contribution in [-0.4, -0.2) is 58.5 Å². The van der Waals surface area contributed by atoms with Crippen LogP contribution >= 0.6 is 0 Å². The molecular formula is C12H16N4O2. The zero-order valence-electron chi connectivity index (χ0n) is 10.2. The summed E-state index contributed by atoms with van der Waals surface area (Å²) in [5.41, 5.74) is 2.80. The Hall–Kier alpha value is -1.85. The van der Waals surface area contributed by atoms with E-state index in [1.165, 1.54) is 0 Å². The van der Waals surface area contributed by atoms with Gasteiger partial charge in [0.25, 0.3) is 5.91 Å². The summed E-state index contributed by atoms with van der Waals surface area (Å²) in [7, 11) is 0. The Morgan fingerprint density at radius 3 is 2.72 bits per heavy atom. The van der Waals surface area contributed by atoms with Gasteiger partial charge >= 0.3 is 0 Å². The van der Waals surface area contributed by atoms with Gasteiger partial charge in [0.2, 0.25) is 6.41 Å². The molecule has 0 spiro atoms. The smallest absolute Gasteiger partial charge is 0.274 e. The van der Waals surface area contributed by atoms with Gasteiger partial charge in [0, 0.05) is 37.4 Å². The predicted molar refractivity (Wildman–Crippen MR) is 64.2 cm³/mol. The van der Waals surface area contributed by atoms with E-state index in [0.717, 1.165) is 36.9 Å². The van der Waals surface area contributed by atoms with Crippen molar-refractivity contribution in [3.05, 3.63) is 17.0 Å². The minimum absolute atomic E-state index is 0.0000472. The molecule has 1 fully saturated rings. The van der Waals surface area contributed by atoms with Gasteiger partial charge in [0.15, 0.2) is 5.69 Å². The zero-order valence-corrected chi connectivity index (χ0v) is 10.2. The average Bonchev–Trinajstić information content (AvgIpc) is 3.00. The maximum absolute atomic E-state index is 12.4. The average molecular weight is 248 g/mol. The van der Waals surface area contributed by atoms with Crippen LogP contribution in [0.15, 0.2) is 0 Å². The highest BCUT2D eigenvalue weighted by Crippen LogP contribution is 2.23. The molecule has 0 aromatic carbocycles. The Morgan fingerprint density at radius 1 is 1.22 bits per heavy atom. The van der Waals surface area contributed by atoms with E-state index in [1.807, 2.05) is 0 Å². The van der Waals surface area contributed by atoms with Crippen molar-refractivity contribution in [2.24, 2.45) is 0 Å². The van der Waals surface area contributed by atoms with Gasteiger partial charge in [-0.1, -0.05) is 0 Å². The van der Waals surface area contributed by atoms with Crippen molar-refractivity contribution in [1.29, 1.82) is 0 Å². The van der Waals surface area contributed by atoms with Gasteiger partial charge in [0.05, 0.1) is 0 Å². The van der Waals surface area contributed by atoms with Gasteiger partial charge in [-0.15, -0.1) is 0 Å². The fourth-order valence-electron chi connectivity index (χ4n) is 2.68. The number of piperazine rings is 1. The molecule has 0 bridgehead atoms. The minimum atomic E-state index is -0.0000472. The number of carbonyl (C=O) groups excluding carboxylic acids is 2. The summed E-state index contributed by atoms with van der Waals surface area (Å²) in [5.74, 6) is -0.0000472. The third-order valence-corrected chi connectivity index (χ3v) is 3.76. The molecule has 2 aliphatic rings. The Balaban J connectivity index is 1.73. The maximum atomic E-state index is 12.4. The van der Waals surface area contributed by atoms with Crippen molar-refractivity contribution >= 4 is 12.3 Å². The SMILES string of the molecule is O=CN1CCN(C(=O)c2n[nH]c3c2CCC3)CC1. The van der Waals surface area contributed by atoms with Crippen LogP contribution in [0.3, 0.4) is 0 Å². The van der Waals surface area contributed by atoms with E-state index in [-0.39, 0.29) is 5.91 Å². The first kappa shape index (κ1) is 11.3. The van der Waals surface area contributed by atoms with Crippen molar-refractivity contribution in [3.8, 4) is 0 Å². The molecule has 18 heavy (non-hydrogen) atoms. The van der Waals surface area contributed by atoms with E-state index in [9.17, 15) is 9.59 Å². The molecule has 1 N–H and O–H groups in total. The highest BCUT2D eigenvalue weighted by Gasteiger charge is 2.28. The third-order valence-electron chi connectivity index (χ3n) is 3.76. The first-order chi connectivity index (χ1) is 8.79. The molecule has 0 saturated carbocycles. The first-order valence-corrected chi connectivity index (χ1v) is 6.34. The number of nitrogens with one attached hydrogen (secondary N) is 1. The van der Waals surface area contributed by atoms with E-state index < -0.39 is 0 Å². The van der Waals surface area contributed by atoms with Crippen LogP contribution < -0.4 is 0 Å². The van der Waals surface area contributed by atoms with Crippen molar-refractivity contribution in [3.63, 3.8) is 0 Å². The van der Waals surface area contributed by atoms with Crippen molar-refractivity contribution < 1.29 is 9.59 Å². The van der Waals surface area contributed by atoms with E-state index in [1.54, 1.807) is 9.80 Å². The molecule has 0 unspecified atom stereocenters. The van der Waals surface area contributed by atoms with Gasteiger partial charge in [0.1, 0.15) is 0 Å². The topological polar surface area (TPSA) is 69.3 Å². The zero-order chi connectivity index (χ0) is 12.5. The second kappa shape index (κ2) is 4.44. The van der Waals surface area contributed by atoms with E-state index in [0.29, 0.717) is 31.9 Å². The van der Waals surface area contributed by atoms with Crippen LogP contribution in [0.2, 0.25) is 0 Å². The maximum Gasteiger partial charge on any atom is 0.274 e. The molecule has 1 aliphatic carbocycles. The Morgan fingerprint density at radius 2 is 2.00 bits per heavy atom. The number of hydrogen-bond donors (Lipinski definition) is 1. The van der Waals surface area contributed by atoms with Gasteiger partial charge in [-0.05, 0) is 19.3 Å². The molecule has 96 valence electrons. The highest BCUT2D eigenvalue weighted by molar-refractivity contribution is 5.94. The van der Waals surface area contributed by atoms with Crippen LogP contribution in [-0.2, 0) is 17.6 Å². The van der Waals surface area contributed by atoms with Crippen molar-refractivity contribution in [2.45, 2.75) is 19.3 Å². The van der Waals surface area contributed by atoms with Crippen molar-refractivity contribution in [1.82, 2.24) is 20.0 Å². The highest BCUT2D eigenvalue weighted by atomic mass is 16.2. The molecule has 2 amide bonds. The molecule has 2 heterocycles. The number of aromatic nitrogens is 2. The number of fused-ring (bicyclic) bond motifs is 1. The van der Waals surface area contributed by atoms with Crippen LogP contribution in [0, 0.1) is 0 Å². The number of aryl methyl sites for hydroxylation is 1. The number of rotatable bonds is 2. The molecular weight excluding hydrogens is 232 g/mol. The lowest BCUT2D eigenvalue weighted by molar-refractivity contribution is -0.119. The lowest BCUT2D eigenvalue weighted by Crippen LogP contribution is -2.48. The Bertz CT molecular complexity index is 474. The number of amides is 2. The van der Waals surface area contributed by atoms with Gasteiger partial charge < -0.3 is 9.80 Å². The number of hydrogen-bond acceptors (Lipinski definition) is 3. The molecule has 1 aromatic rings. The summed E-state index contributed by atoms with van der Waals surface area (Å²) < 4.78 is 0. The molecule has 1 aliphatic heterocycles. The van der Waals surface area contributed by atoms with E-state index in [2.05, 4.69) is 10.2 Å². The normalized spacial score (nSPS) is 18.9. The monoisotopic (exact) mass is 248 g/mol. The van der Waals surface area contributed by atoms with Crippen LogP contribution in [0.25, 0.3) is 0 Å². The number of carbonyl (C=O) groups is 2. The lowest BCUT2D eigenvalue weighted by atomic mass is 10.1. The molecule has 0 atom stereocenters. The van der Waals surface area contributed by atoms with E-state index >= 15 is 0 Å². The summed E-state index contributed by atoms with van der Waals surface area (Å²) in [6.45, 7) is 2.42. The van der Waals surface area contributed by atoms with Crippen molar-refractivity contribution in [2.75, 3.05) is 26.2 Å². The summed E-state index contributed by atoms with van der Waals surface area (Å²) in [4.78, 5) is 26.5. The fourth-order valence-corrected chi connectivity index (χ4v) is 2.68. The first-order valence-electron chi connectivity index (χ1n) is 6.34. The van der Waals surface area contributed by atoms with Gasteiger partial charge in [-0.2, -0.15) is 5.10 Å². The summed E-state index contributed by atoms with van der Waals surface area (Å²) in [6.07, 6.45) is 3.88. The fraction of sp³-hybridized carbons (Fsp3) is 0.583. The quantitative estimate of drug-likeness (QED) is 0.738. The summed E-state index contributed by atoms with van der Waals surface area (Å²) in [5, 5.41) is 7.11. The molecule has 6 heteroatoms. The number of aromatic amines is 1. The Kier molecular flexibility index (Phi) is 2.77. The number of nitrogens with zero attached hydrogens (tertiary/aromatic N) is 3. The molecule has 3 rings (SSSR count). The van der Waals surface area contributed by atoms with Gasteiger partial charge in [-0.3, -0.25) is 14.7 Å². The summed E-state index contributed by atoms with van der Waals surface area (Å²) >= 11 is 0. The molecule has 0 radical (unpaired) electrons. The molecule has 1 aromatic heterocycles. The standard InChI is InChI=1S/C12H16N4O2/c17-8-15-4-6-16(7-5-15)12(18)11-9-2-1-3-10(9)13-14-11/h8H,1-7H2,(H,13,14). The van der Waals surface area contributed by atoms with Crippen LogP contribution in [0.5, 0.6) is 0 Å². The van der Waals surface area contributed by atoms with Gasteiger partial charge in [-0.25, -0.2) is 0 Å². The summed E-state index contributed by atoms with van der Waals surface area (Å²) in [6, 6.07) is 0. The largest absolute Gasteiger partial charge is 0.342 e. The lowest BCUT2D eigenvalue weighted by Gasteiger charge is -2.32. The van der Waals surface area contributed by atoms with Crippen LogP contribution in [0.4, 0.5) is 0 Å². The van der Waals surface area contributed by atoms with E-state index in [4.69, 9.17) is 0 Å².